The molecule has 1 heterocycles. The van der Waals surface area contributed by atoms with Crippen molar-refractivity contribution in [1.82, 2.24) is 4.98 Å². The van der Waals surface area contributed by atoms with E-state index in [4.69, 9.17) is 5.73 Å². The van der Waals surface area contributed by atoms with E-state index in [-0.39, 0.29) is 0 Å². The molecule has 1 saturated carbocycles. The van der Waals surface area contributed by atoms with Crippen molar-refractivity contribution in [2.24, 2.45) is 5.73 Å². The minimum Gasteiger partial charge on any atom is -0.367 e. The van der Waals surface area contributed by atoms with E-state index in [1.807, 2.05) is 12.3 Å². The highest BCUT2D eigenvalue weighted by molar-refractivity contribution is 5.91. The van der Waals surface area contributed by atoms with Crippen LogP contribution >= 0.6 is 0 Å². The first kappa shape index (κ1) is 11.5. The topological polar surface area (TPSA) is 42.1 Å². The van der Waals surface area contributed by atoms with Crippen molar-refractivity contribution in [3.63, 3.8) is 0 Å². The molecule has 0 saturated heterocycles. The van der Waals surface area contributed by atoms with Gasteiger partial charge in [0.1, 0.15) is 0 Å². The normalized spacial score (nSPS) is 15.6. The van der Waals surface area contributed by atoms with Gasteiger partial charge in [-0.2, -0.15) is 0 Å². The van der Waals surface area contributed by atoms with Gasteiger partial charge < -0.3 is 10.6 Å². The molecule has 0 atom stereocenters. The summed E-state index contributed by atoms with van der Waals surface area (Å²) in [4.78, 5) is 6.90. The van der Waals surface area contributed by atoms with Gasteiger partial charge in [0.2, 0.25) is 0 Å². The molecule has 1 fully saturated rings. The van der Waals surface area contributed by atoms with Crippen LogP contribution in [-0.2, 0) is 0 Å². The maximum Gasteiger partial charge on any atom is 0.0722 e. The molecule has 18 heavy (non-hydrogen) atoms. The number of benzene rings is 1. The Morgan fingerprint density at radius 3 is 2.78 bits per heavy atom. The Morgan fingerprint density at radius 1 is 1.22 bits per heavy atom. The Kier molecular flexibility index (Phi) is 3.15. The predicted molar refractivity (Wildman–Crippen MR) is 75.8 cm³/mol. The summed E-state index contributed by atoms with van der Waals surface area (Å²) in [7, 11) is 0. The molecule has 2 aromatic rings. The van der Waals surface area contributed by atoms with Gasteiger partial charge in [0, 0.05) is 36.4 Å². The molecule has 0 spiro atoms. The highest BCUT2D eigenvalue weighted by Crippen LogP contribution is 2.33. The molecule has 0 aliphatic heterocycles. The first-order valence-corrected chi connectivity index (χ1v) is 6.70. The molecule has 1 aliphatic carbocycles. The lowest BCUT2D eigenvalue weighted by Gasteiger charge is -2.39. The standard InChI is InChI=1S/C15H19N3/c16-9-11-18(12-4-3-5-12)15-8-10-17-14-7-2-1-6-13(14)15/h1-2,6-8,10,12H,3-5,9,11,16H2. The second-order valence-electron chi connectivity index (χ2n) is 4.91. The molecule has 3 rings (SSSR count). The van der Waals surface area contributed by atoms with E-state index >= 15 is 0 Å². The van der Waals surface area contributed by atoms with Gasteiger partial charge in [-0.25, -0.2) is 0 Å². The van der Waals surface area contributed by atoms with Crippen molar-refractivity contribution >= 4 is 16.6 Å². The average Bonchev–Trinajstić information content (AvgIpc) is 2.35. The Hall–Kier alpha value is -1.61. The van der Waals surface area contributed by atoms with E-state index < -0.39 is 0 Å². The summed E-state index contributed by atoms with van der Waals surface area (Å²) in [5.74, 6) is 0. The lowest BCUT2D eigenvalue weighted by Crippen LogP contribution is -2.43. The third kappa shape index (κ3) is 1.95. The van der Waals surface area contributed by atoms with Gasteiger partial charge in [-0.1, -0.05) is 18.2 Å². The highest BCUT2D eigenvalue weighted by Gasteiger charge is 2.25. The van der Waals surface area contributed by atoms with Gasteiger partial charge in [-0.05, 0) is 31.4 Å². The van der Waals surface area contributed by atoms with E-state index in [2.05, 4.69) is 34.1 Å². The van der Waals surface area contributed by atoms with Gasteiger partial charge >= 0.3 is 0 Å². The van der Waals surface area contributed by atoms with Gasteiger partial charge in [-0.15, -0.1) is 0 Å². The third-order valence-electron chi connectivity index (χ3n) is 3.82. The van der Waals surface area contributed by atoms with E-state index in [0.29, 0.717) is 12.6 Å². The number of rotatable bonds is 4. The van der Waals surface area contributed by atoms with E-state index in [0.717, 1.165) is 12.1 Å². The fourth-order valence-corrected chi connectivity index (χ4v) is 2.67. The van der Waals surface area contributed by atoms with Crippen LogP contribution in [0.5, 0.6) is 0 Å². The van der Waals surface area contributed by atoms with Crippen molar-refractivity contribution in [2.45, 2.75) is 25.3 Å². The molecular formula is C15H19N3. The van der Waals surface area contributed by atoms with Crippen molar-refractivity contribution in [3.05, 3.63) is 36.5 Å². The van der Waals surface area contributed by atoms with Gasteiger partial charge in [0.05, 0.1) is 5.52 Å². The Balaban J connectivity index is 2.04. The summed E-state index contributed by atoms with van der Waals surface area (Å²) < 4.78 is 0. The molecule has 0 radical (unpaired) electrons. The monoisotopic (exact) mass is 241 g/mol. The Bertz CT molecular complexity index is 529. The van der Waals surface area contributed by atoms with E-state index in [1.165, 1.54) is 30.3 Å². The summed E-state index contributed by atoms with van der Waals surface area (Å²) in [6.07, 6.45) is 5.82. The molecule has 0 amide bonds. The Labute approximate surface area is 108 Å². The molecule has 0 bridgehead atoms. The number of pyridine rings is 1. The second kappa shape index (κ2) is 4.94. The predicted octanol–water partition coefficient (Wildman–Crippen LogP) is 2.55. The van der Waals surface area contributed by atoms with Gasteiger partial charge in [0.15, 0.2) is 0 Å². The molecule has 3 heteroatoms. The van der Waals surface area contributed by atoms with Crippen LogP contribution in [0.25, 0.3) is 10.9 Å². The van der Waals surface area contributed by atoms with Gasteiger partial charge in [-0.3, -0.25) is 4.98 Å². The molecule has 1 aliphatic rings. The zero-order valence-corrected chi connectivity index (χ0v) is 10.5. The molecule has 94 valence electrons. The highest BCUT2D eigenvalue weighted by atomic mass is 15.2. The minimum absolute atomic E-state index is 0.666. The Morgan fingerprint density at radius 2 is 2.06 bits per heavy atom. The van der Waals surface area contributed by atoms with Crippen molar-refractivity contribution in [2.75, 3.05) is 18.0 Å². The van der Waals surface area contributed by atoms with E-state index in [9.17, 15) is 0 Å². The number of nitrogens with zero attached hydrogens (tertiary/aromatic N) is 2. The van der Waals surface area contributed by atoms with Crippen molar-refractivity contribution in [3.8, 4) is 0 Å². The van der Waals surface area contributed by atoms with Crippen LogP contribution in [0.4, 0.5) is 5.69 Å². The first-order valence-electron chi connectivity index (χ1n) is 6.70. The molecule has 0 unspecified atom stereocenters. The molecule has 3 nitrogen and oxygen atoms in total. The summed E-state index contributed by atoms with van der Waals surface area (Å²) in [6.45, 7) is 1.63. The first-order chi connectivity index (χ1) is 8.90. The SMILES string of the molecule is NCCN(c1ccnc2ccccc12)C1CCC1. The number of anilines is 1. The van der Waals surface area contributed by atoms with Crippen LogP contribution in [0.15, 0.2) is 36.5 Å². The number of fused-ring (bicyclic) bond motifs is 1. The summed E-state index contributed by atoms with van der Waals surface area (Å²) in [5.41, 5.74) is 8.12. The maximum absolute atomic E-state index is 5.77. The van der Waals surface area contributed by atoms with Crippen LogP contribution in [-0.4, -0.2) is 24.1 Å². The number of aromatic nitrogens is 1. The zero-order valence-electron chi connectivity index (χ0n) is 10.5. The lowest BCUT2D eigenvalue weighted by atomic mass is 9.90. The van der Waals surface area contributed by atoms with E-state index in [1.54, 1.807) is 0 Å². The van der Waals surface area contributed by atoms with Crippen LogP contribution in [0.1, 0.15) is 19.3 Å². The van der Waals surface area contributed by atoms with Crippen LogP contribution in [0.3, 0.4) is 0 Å². The third-order valence-corrected chi connectivity index (χ3v) is 3.82. The zero-order chi connectivity index (χ0) is 12.4. The summed E-state index contributed by atoms with van der Waals surface area (Å²) in [5, 5.41) is 1.24. The molecule has 1 aromatic heterocycles. The fourth-order valence-electron chi connectivity index (χ4n) is 2.67. The molecule has 2 N–H and O–H groups in total. The number of para-hydroxylation sites is 1. The maximum atomic E-state index is 5.77. The minimum atomic E-state index is 0.666. The van der Waals surface area contributed by atoms with Gasteiger partial charge in [0.25, 0.3) is 0 Å². The average molecular weight is 241 g/mol. The molecule has 1 aromatic carbocycles. The largest absolute Gasteiger partial charge is 0.367 e. The summed E-state index contributed by atoms with van der Waals surface area (Å²) in [6, 6.07) is 11.1. The fraction of sp³-hybridized carbons (Fsp3) is 0.400. The quantitative estimate of drug-likeness (QED) is 0.894. The summed E-state index contributed by atoms with van der Waals surface area (Å²) >= 11 is 0. The van der Waals surface area contributed by atoms with Crippen LogP contribution in [0.2, 0.25) is 0 Å². The van der Waals surface area contributed by atoms with Crippen molar-refractivity contribution < 1.29 is 0 Å². The number of nitrogens with two attached hydrogens (primary N) is 1. The lowest BCUT2D eigenvalue weighted by molar-refractivity contribution is 0.388. The second-order valence-corrected chi connectivity index (χ2v) is 4.91. The number of hydrogen-bond acceptors (Lipinski definition) is 3. The smallest absolute Gasteiger partial charge is 0.0722 e. The molecular weight excluding hydrogens is 222 g/mol. The number of hydrogen-bond donors (Lipinski definition) is 1. The van der Waals surface area contributed by atoms with Crippen LogP contribution < -0.4 is 10.6 Å². The van der Waals surface area contributed by atoms with Crippen LogP contribution in [0, 0.1) is 0 Å². The van der Waals surface area contributed by atoms with Crippen molar-refractivity contribution in [1.29, 1.82) is 0 Å².